The van der Waals surface area contributed by atoms with Crippen molar-refractivity contribution in [2.45, 2.75) is 26.5 Å². The zero-order valence-electron chi connectivity index (χ0n) is 23.8. The summed E-state index contributed by atoms with van der Waals surface area (Å²) in [6.45, 7) is 3.60. The van der Waals surface area contributed by atoms with Crippen LogP contribution in [0.4, 0.5) is 0 Å². The van der Waals surface area contributed by atoms with E-state index in [0.717, 1.165) is 27.5 Å². The Bertz CT molecular complexity index is 2150. The third kappa shape index (κ3) is 5.16. The van der Waals surface area contributed by atoms with Gasteiger partial charge in [-0.05, 0) is 60.5 Å². The van der Waals surface area contributed by atoms with Gasteiger partial charge in [0, 0.05) is 22.4 Å². The number of nitrogens with zero attached hydrogens (tertiary/aromatic N) is 3. The summed E-state index contributed by atoms with van der Waals surface area (Å²) in [5.74, 6) is 1.10. The SMILES string of the molecule is COc1ccc2ccccc2c1C1C(C(C)=O)=C(C)N=c2s/c(=C\c3ccc(OCc4ccccc4C#N)cc3)c(=O)n21. The highest BCUT2D eigenvalue weighted by atomic mass is 32.1. The molecule has 8 heteroatoms. The number of rotatable bonds is 7. The van der Waals surface area contributed by atoms with Gasteiger partial charge in [0.2, 0.25) is 0 Å². The maximum absolute atomic E-state index is 14.1. The monoisotopic (exact) mass is 585 g/mol. The fourth-order valence-electron chi connectivity index (χ4n) is 5.51. The van der Waals surface area contributed by atoms with Gasteiger partial charge in [-0.15, -0.1) is 0 Å². The highest BCUT2D eigenvalue weighted by Crippen LogP contribution is 2.40. The van der Waals surface area contributed by atoms with Gasteiger partial charge in [-0.2, -0.15) is 5.26 Å². The molecule has 0 fully saturated rings. The van der Waals surface area contributed by atoms with Crippen LogP contribution in [-0.2, 0) is 11.4 Å². The van der Waals surface area contributed by atoms with Crippen molar-refractivity contribution < 1.29 is 14.3 Å². The van der Waals surface area contributed by atoms with Crippen LogP contribution in [0.1, 0.15) is 42.1 Å². The van der Waals surface area contributed by atoms with Crippen LogP contribution in [0.5, 0.6) is 11.5 Å². The van der Waals surface area contributed by atoms with Crippen molar-refractivity contribution in [3.05, 3.63) is 138 Å². The molecule has 0 saturated carbocycles. The number of methoxy groups -OCH3 is 1. The van der Waals surface area contributed by atoms with Gasteiger partial charge in [0.25, 0.3) is 5.56 Å². The van der Waals surface area contributed by atoms with E-state index in [2.05, 4.69) is 6.07 Å². The van der Waals surface area contributed by atoms with E-state index in [1.807, 2.05) is 91.9 Å². The van der Waals surface area contributed by atoms with Gasteiger partial charge >= 0.3 is 0 Å². The molecule has 0 saturated heterocycles. The van der Waals surface area contributed by atoms with Crippen LogP contribution >= 0.6 is 11.3 Å². The summed E-state index contributed by atoms with van der Waals surface area (Å²) in [5, 5.41) is 11.2. The second-order valence-electron chi connectivity index (χ2n) is 10.2. The average molecular weight is 586 g/mol. The van der Waals surface area contributed by atoms with E-state index in [1.54, 1.807) is 17.7 Å². The van der Waals surface area contributed by atoms with Gasteiger partial charge in [0.05, 0.1) is 29.3 Å². The highest BCUT2D eigenvalue weighted by Gasteiger charge is 2.33. The lowest BCUT2D eigenvalue weighted by atomic mass is 9.89. The van der Waals surface area contributed by atoms with Crippen molar-refractivity contribution in [1.82, 2.24) is 4.57 Å². The summed E-state index contributed by atoms with van der Waals surface area (Å²) >= 11 is 1.29. The Morgan fingerprint density at radius 2 is 1.79 bits per heavy atom. The minimum Gasteiger partial charge on any atom is -0.496 e. The number of Topliss-reactive ketones (excluding diaryl/α,β-unsaturated/α-hetero) is 1. The molecule has 6 rings (SSSR count). The van der Waals surface area contributed by atoms with E-state index >= 15 is 0 Å². The third-order valence-electron chi connectivity index (χ3n) is 7.54. The van der Waals surface area contributed by atoms with E-state index in [9.17, 15) is 14.9 Å². The van der Waals surface area contributed by atoms with Gasteiger partial charge in [-0.3, -0.25) is 14.2 Å². The van der Waals surface area contributed by atoms with Crippen LogP contribution in [0.15, 0.2) is 106 Å². The van der Waals surface area contributed by atoms with Gasteiger partial charge in [0.1, 0.15) is 18.1 Å². The second-order valence-corrected chi connectivity index (χ2v) is 11.2. The minimum absolute atomic E-state index is 0.150. The number of allylic oxidation sites excluding steroid dienone is 2. The molecule has 1 unspecified atom stereocenters. The molecule has 1 aliphatic heterocycles. The Kier molecular flexibility index (Phi) is 7.49. The number of carbonyl (C=O) groups excluding carboxylic acids is 1. The highest BCUT2D eigenvalue weighted by molar-refractivity contribution is 7.07. The van der Waals surface area contributed by atoms with Crippen LogP contribution in [0.2, 0.25) is 0 Å². The maximum atomic E-state index is 14.1. The number of ether oxygens (including phenoxy) is 2. The molecule has 0 N–H and O–H groups in total. The first-order valence-corrected chi connectivity index (χ1v) is 14.5. The quantitative estimate of drug-likeness (QED) is 0.254. The fourth-order valence-corrected chi connectivity index (χ4v) is 6.55. The Labute approximate surface area is 251 Å². The summed E-state index contributed by atoms with van der Waals surface area (Å²) in [6.07, 6.45) is 1.82. The number of hydrogen-bond donors (Lipinski definition) is 0. The number of hydrogen-bond acceptors (Lipinski definition) is 7. The van der Waals surface area contributed by atoms with Gasteiger partial charge in [-0.1, -0.05) is 72.0 Å². The van der Waals surface area contributed by atoms with Crippen molar-refractivity contribution in [2.75, 3.05) is 7.11 Å². The summed E-state index contributed by atoms with van der Waals surface area (Å²) in [4.78, 5) is 32.3. The van der Waals surface area contributed by atoms with Crippen LogP contribution in [0, 0.1) is 11.3 Å². The van der Waals surface area contributed by atoms with Gasteiger partial charge < -0.3 is 9.47 Å². The normalized spacial score (nSPS) is 14.7. The predicted octanol–water partition coefficient (Wildman–Crippen LogP) is 5.44. The summed E-state index contributed by atoms with van der Waals surface area (Å²) in [6, 6.07) is 28.0. The molecule has 1 aromatic heterocycles. The number of benzene rings is 4. The molecule has 43 heavy (non-hydrogen) atoms. The summed E-state index contributed by atoms with van der Waals surface area (Å²) in [5.41, 5.74) is 3.78. The molecule has 0 spiro atoms. The second kappa shape index (κ2) is 11.6. The zero-order chi connectivity index (χ0) is 30.1. The van der Waals surface area contributed by atoms with E-state index in [4.69, 9.17) is 14.5 Å². The molecule has 7 nitrogen and oxygen atoms in total. The lowest BCUT2D eigenvalue weighted by Gasteiger charge is -2.27. The molecular weight excluding hydrogens is 558 g/mol. The van der Waals surface area contributed by atoms with E-state index in [-0.39, 0.29) is 17.9 Å². The van der Waals surface area contributed by atoms with Gasteiger partial charge in [-0.25, -0.2) is 4.99 Å². The van der Waals surface area contributed by atoms with Crippen LogP contribution in [-0.4, -0.2) is 17.5 Å². The zero-order valence-corrected chi connectivity index (χ0v) is 24.6. The molecule has 0 radical (unpaired) electrons. The lowest BCUT2D eigenvalue weighted by Crippen LogP contribution is -2.39. The van der Waals surface area contributed by atoms with Crippen molar-refractivity contribution in [2.24, 2.45) is 4.99 Å². The molecule has 0 bridgehead atoms. The first kappa shape index (κ1) is 27.9. The number of ketones is 1. The Balaban J connectivity index is 1.42. The predicted molar refractivity (Wildman–Crippen MR) is 167 cm³/mol. The molecule has 4 aromatic carbocycles. The molecule has 0 amide bonds. The van der Waals surface area contributed by atoms with E-state index in [0.29, 0.717) is 37.7 Å². The first-order chi connectivity index (χ1) is 20.9. The minimum atomic E-state index is -0.691. The van der Waals surface area contributed by atoms with Crippen molar-refractivity contribution in [3.8, 4) is 17.6 Å². The fraction of sp³-hybridized carbons (Fsp3) is 0.143. The molecule has 2 heterocycles. The Morgan fingerprint density at radius 1 is 1.05 bits per heavy atom. The number of thiazole rings is 1. The molecule has 1 atom stereocenters. The van der Waals surface area contributed by atoms with Crippen molar-refractivity contribution in [1.29, 1.82) is 5.26 Å². The van der Waals surface area contributed by atoms with Crippen molar-refractivity contribution >= 4 is 34.0 Å². The molecule has 1 aliphatic rings. The van der Waals surface area contributed by atoms with Crippen LogP contribution < -0.4 is 24.4 Å². The summed E-state index contributed by atoms with van der Waals surface area (Å²) < 4.78 is 13.8. The first-order valence-electron chi connectivity index (χ1n) is 13.7. The maximum Gasteiger partial charge on any atom is 0.271 e. The Morgan fingerprint density at radius 3 is 2.53 bits per heavy atom. The Hall–Kier alpha value is -5.26. The topological polar surface area (TPSA) is 93.7 Å². The molecule has 5 aromatic rings. The average Bonchev–Trinajstić information content (AvgIpc) is 3.33. The summed E-state index contributed by atoms with van der Waals surface area (Å²) in [7, 11) is 1.59. The molecule has 0 aliphatic carbocycles. The number of carbonyl (C=O) groups is 1. The van der Waals surface area contributed by atoms with E-state index < -0.39 is 6.04 Å². The van der Waals surface area contributed by atoms with Gasteiger partial charge in [0.15, 0.2) is 10.6 Å². The van der Waals surface area contributed by atoms with Crippen molar-refractivity contribution in [3.63, 3.8) is 0 Å². The van der Waals surface area contributed by atoms with Crippen LogP contribution in [0.25, 0.3) is 16.8 Å². The van der Waals surface area contributed by atoms with Crippen LogP contribution in [0.3, 0.4) is 0 Å². The molecular formula is C35H27N3O4S. The number of fused-ring (bicyclic) bond motifs is 2. The van der Waals surface area contributed by atoms with E-state index in [1.165, 1.54) is 18.3 Å². The third-order valence-corrected chi connectivity index (χ3v) is 8.52. The molecule has 212 valence electrons. The number of aromatic nitrogens is 1. The lowest BCUT2D eigenvalue weighted by molar-refractivity contribution is -0.114. The smallest absolute Gasteiger partial charge is 0.271 e. The largest absolute Gasteiger partial charge is 0.496 e. The standard InChI is InChI=1S/C35H27N3O4S/c1-21-31(22(2)39)33(32-28-11-7-6-8-24(28)14-17-29(32)41-3)38-34(40)30(43-35(38)37-21)18-23-12-15-27(16-13-23)42-20-26-10-5-4-9-25(26)19-36/h4-18,33H,20H2,1-3H3/b30-18-. The number of nitriles is 1.